The predicted molar refractivity (Wildman–Crippen MR) is 92.6 cm³/mol. The molecule has 6 nitrogen and oxygen atoms in total. The number of aryl methyl sites for hydroxylation is 2. The van der Waals surface area contributed by atoms with E-state index in [2.05, 4.69) is 19.8 Å². The van der Waals surface area contributed by atoms with Crippen LogP contribution < -0.4 is 0 Å². The number of hydrogen-bond acceptors (Lipinski definition) is 4. The fourth-order valence-corrected chi connectivity index (χ4v) is 4.69. The second-order valence-electron chi connectivity index (χ2n) is 7.57. The third-order valence-corrected chi connectivity index (χ3v) is 6.28. The Kier molecular flexibility index (Phi) is 4.59. The summed E-state index contributed by atoms with van der Waals surface area (Å²) in [6, 6.07) is 2.73. The summed E-state index contributed by atoms with van der Waals surface area (Å²) in [5.74, 6) is 1.19. The second kappa shape index (κ2) is 6.84. The zero-order valence-electron chi connectivity index (χ0n) is 14.7. The van der Waals surface area contributed by atoms with Gasteiger partial charge in [0.25, 0.3) is 0 Å². The van der Waals surface area contributed by atoms with Gasteiger partial charge in [-0.25, -0.2) is 0 Å². The van der Waals surface area contributed by atoms with Crippen molar-refractivity contribution in [3.63, 3.8) is 0 Å². The van der Waals surface area contributed by atoms with Crippen molar-refractivity contribution in [1.82, 2.24) is 24.5 Å². The van der Waals surface area contributed by atoms with Gasteiger partial charge in [0.1, 0.15) is 0 Å². The van der Waals surface area contributed by atoms with Crippen LogP contribution in [0.1, 0.15) is 25.0 Å². The molecule has 1 amide bonds. The van der Waals surface area contributed by atoms with Crippen molar-refractivity contribution in [3.8, 4) is 0 Å². The second-order valence-corrected chi connectivity index (χ2v) is 7.57. The Bertz CT molecular complexity index is 570. The van der Waals surface area contributed by atoms with Crippen LogP contribution >= 0.6 is 0 Å². The lowest BCUT2D eigenvalue weighted by atomic mass is 9.83. The van der Waals surface area contributed by atoms with Crippen LogP contribution in [0.2, 0.25) is 0 Å². The summed E-state index contributed by atoms with van der Waals surface area (Å²) in [6.07, 6.45) is 5.92. The van der Waals surface area contributed by atoms with Crippen LogP contribution in [0, 0.1) is 5.92 Å². The zero-order chi connectivity index (χ0) is 16.5. The van der Waals surface area contributed by atoms with Crippen LogP contribution in [0.3, 0.4) is 0 Å². The van der Waals surface area contributed by atoms with Crippen molar-refractivity contribution < 1.29 is 4.79 Å². The number of nitrogens with zero attached hydrogens (tertiary/aromatic N) is 5. The Balaban J connectivity index is 1.25. The summed E-state index contributed by atoms with van der Waals surface area (Å²) in [5, 5.41) is 4.17. The van der Waals surface area contributed by atoms with Gasteiger partial charge in [0, 0.05) is 64.1 Å². The maximum atomic E-state index is 12.5. The highest BCUT2D eigenvalue weighted by molar-refractivity contribution is 5.76. The van der Waals surface area contributed by atoms with E-state index in [0.717, 1.165) is 50.3 Å². The molecule has 24 heavy (non-hydrogen) atoms. The van der Waals surface area contributed by atoms with Crippen molar-refractivity contribution in [2.75, 3.05) is 45.8 Å². The Hall–Kier alpha value is -1.40. The summed E-state index contributed by atoms with van der Waals surface area (Å²) in [5.41, 5.74) is 1.13. The molecule has 0 aliphatic carbocycles. The Morgan fingerprint density at radius 3 is 2.50 bits per heavy atom. The number of aromatic nitrogens is 2. The van der Waals surface area contributed by atoms with Crippen LogP contribution in [-0.2, 0) is 18.3 Å². The van der Waals surface area contributed by atoms with Crippen LogP contribution in [-0.4, -0.2) is 82.2 Å². The molecule has 0 N–H and O–H groups in total. The minimum Gasteiger partial charge on any atom is -0.340 e. The quantitative estimate of drug-likeness (QED) is 0.810. The molecule has 4 aliphatic rings. The average molecular weight is 331 g/mol. The number of rotatable bonds is 4. The normalized spacial score (nSPS) is 30.7. The summed E-state index contributed by atoms with van der Waals surface area (Å²) in [4.78, 5) is 19.8. The standard InChI is InChI=1S/C18H29N5O/c1-20-16(4-7-19-20)2-3-18(24)23-12-10-22(11-13-23)17-14-21-8-5-15(17)6-9-21/h4,7,15,17H,2-3,5-6,8-14H2,1H3. The molecule has 1 aromatic rings. The first-order valence-corrected chi connectivity index (χ1v) is 9.42. The van der Waals surface area contributed by atoms with Gasteiger partial charge >= 0.3 is 0 Å². The lowest BCUT2D eigenvalue weighted by Gasteiger charge is -2.51. The fraction of sp³-hybridized carbons (Fsp3) is 0.778. The van der Waals surface area contributed by atoms with Crippen molar-refractivity contribution in [1.29, 1.82) is 0 Å². The first-order valence-electron chi connectivity index (χ1n) is 9.42. The molecule has 1 aromatic heterocycles. The molecule has 0 radical (unpaired) electrons. The highest BCUT2D eigenvalue weighted by atomic mass is 16.2. The van der Waals surface area contributed by atoms with Crippen LogP contribution in [0.4, 0.5) is 0 Å². The van der Waals surface area contributed by atoms with E-state index < -0.39 is 0 Å². The molecule has 4 aliphatic heterocycles. The minimum atomic E-state index is 0.296. The Morgan fingerprint density at radius 2 is 1.92 bits per heavy atom. The van der Waals surface area contributed by atoms with Crippen LogP contribution in [0.25, 0.3) is 0 Å². The van der Waals surface area contributed by atoms with Gasteiger partial charge in [-0.1, -0.05) is 0 Å². The van der Waals surface area contributed by atoms with Crippen molar-refractivity contribution in [2.45, 2.75) is 31.7 Å². The molecule has 0 spiro atoms. The molecule has 2 bridgehead atoms. The highest BCUT2D eigenvalue weighted by Gasteiger charge is 2.38. The highest BCUT2D eigenvalue weighted by Crippen LogP contribution is 2.31. The van der Waals surface area contributed by atoms with E-state index in [1.807, 2.05) is 17.8 Å². The lowest BCUT2D eigenvalue weighted by molar-refractivity contribution is -0.134. The number of piperidine rings is 3. The lowest BCUT2D eigenvalue weighted by Crippen LogP contribution is -2.61. The number of fused-ring (bicyclic) bond motifs is 3. The Morgan fingerprint density at radius 1 is 1.17 bits per heavy atom. The third-order valence-electron chi connectivity index (χ3n) is 6.28. The van der Waals surface area contributed by atoms with E-state index in [-0.39, 0.29) is 0 Å². The first kappa shape index (κ1) is 16.1. The molecule has 1 unspecified atom stereocenters. The molecule has 0 aromatic carbocycles. The molecule has 6 heteroatoms. The third kappa shape index (κ3) is 3.22. The maximum absolute atomic E-state index is 12.5. The number of amides is 1. The number of hydrogen-bond donors (Lipinski definition) is 0. The van der Waals surface area contributed by atoms with Crippen molar-refractivity contribution >= 4 is 5.91 Å². The summed E-state index contributed by atoms with van der Waals surface area (Å²) in [7, 11) is 1.94. The average Bonchev–Trinajstić information content (AvgIpc) is 3.06. The molecule has 4 fully saturated rings. The first-order chi connectivity index (χ1) is 11.7. The molecule has 1 atom stereocenters. The SMILES string of the molecule is Cn1nccc1CCC(=O)N1CCN(C2CN3CCC2CC3)CC1. The molecule has 5 rings (SSSR count). The summed E-state index contributed by atoms with van der Waals surface area (Å²) >= 11 is 0. The fourth-order valence-electron chi connectivity index (χ4n) is 4.69. The molecule has 4 saturated heterocycles. The van der Waals surface area contributed by atoms with Gasteiger partial charge in [-0.05, 0) is 44.3 Å². The monoisotopic (exact) mass is 331 g/mol. The van der Waals surface area contributed by atoms with Gasteiger partial charge in [0.2, 0.25) is 5.91 Å². The molecule has 0 saturated carbocycles. The van der Waals surface area contributed by atoms with Gasteiger partial charge < -0.3 is 9.80 Å². The van der Waals surface area contributed by atoms with E-state index >= 15 is 0 Å². The topological polar surface area (TPSA) is 44.6 Å². The van der Waals surface area contributed by atoms with Crippen molar-refractivity contribution in [3.05, 3.63) is 18.0 Å². The Labute approximate surface area is 144 Å². The summed E-state index contributed by atoms with van der Waals surface area (Å²) in [6.45, 7) is 7.74. The molecule has 5 heterocycles. The van der Waals surface area contributed by atoms with Crippen molar-refractivity contribution in [2.24, 2.45) is 13.0 Å². The molecular weight excluding hydrogens is 302 g/mol. The van der Waals surface area contributed by atoms with Gasteiger partial charge in [-0.2, -0.15) is 5.10 Å². The van der Waals surface area contributed by atoms with Crippen LogP contribution in [0.15, 0.2) is 12.3 Å². The van der Waals surface area contributed by atoms with Gasteiger partial charge in [-0.15, -0.1) is 0 Å². The maximum Gasteiger partial charge on any atom is 0.223 e. The summed E-state index contributed by atoms with van der Waals surface area (Å²) < 4.78 is 1.86. The number of carbonyl (C=O) groups is 1. The smallest absolute Gasteiger partial charge is 0.223 e. The molecule has 132 valence electrons. The molecular formula is C18H29N5O. The minimum absolute atomic E-state index is 0.296. The predicted octanol–water partition coefficient (Wildman–Crippen LogP) is 0.591. The number of piperazine rings is 1. The van der Waals surface area contributed by atoms with Gasteiger partial charge in [-0.3, -0.25) is 14.4 Å². The van der Waals surface area contributed by atoms with E-state index in [0.29, 0.717) is 12.3 Å². The largest absolute Gasteiger partial charge is 0.340 e. The van der Waals surface area contributed by atoms with E-state index in [4.69, 9.17) is 0 Å². The van der Waals surface area contributed by atoms with Gasteiger partial charge in [0.05, 0.1) is 0 Å². The van der Waals surface area contributed by atoms with E-state index in [1.165, 1.54) is 32.5 Å². The van der Waals surface area contributed by atoms with Crippen LogP contribution in [0.5, 0.6) is 0 Å². The van der Waals surface area contributed by atoms with Gasteiger partial charge in [0.15, 0.2) is 0 Å². The van der Waals surface area contributed by atoms with E-state index in [9.17, 15) is 4.79 Å². The zero-order valence-corrected chi connectivity index (χ0v) is 14.7. The van der Waals surface area contributed by atoms with E-state index in [1.54, 1.807) is 6.20 Å². The number of carbonyl (C=O) groups excluding carboxylic acids is 1.